The van der Waals surface area contributed by atoms with E-state index in [9.17, 15) is 18.0 Å². The van der Waals surface area contributed by atoms with Gasteiger partial charge in [0.25, 0.3) is 10.0 Å². The summed E-state index contributed by atoms with van der Waals surface area (Å²) in [5, 5.41) is 3.27. The second kappa shape index (κ2) is 14.6. The van der Waals surface area contributed by atoms with Crippen LogP contribution in [0.5, 0.6) is 5.75 Å². The van der Waals surface area contributed by atoms with Gasteiger partial charge < -0.3 is 15.0 Å². The molecule has 1 unspecified atom stereocenters. The molecule has 0 saturated heterocycles. The fraction of sp³-hybridized carbons (Fsp3) is 0.333. The monoisotopic (exact) mass is 617 g/mol. The molecule has 1 N–H and O–H groups in total. The van der Waals surface area contributed by atoms with Crippen molar-refractivity contribution >= 4 is 50.9 Å². The van der Waals surface area contributed by atoms with Crippen molar-refractivity contribution < 1.29 is 22.7 Å². The Balaban J connectivity index is 2.05. The molecular formula is C30H36ClN3O5S2. The van der Waals surface area contributed by atoms with Gasteiger partial charge in [0.2, 0.25) is 11.8 Å². The zero-order valence-electron chi connectivity index (χ0n) is 23.8. The molecule has 0 fully saturated rings. The van der Waals surface area contributed by atoms with Crippen LogP contribution in [0.3, 0.4) is 0 Å². The van der Waals surface area contributed by atoms with E-state index in [1.807, 2.05) is 27.0 Å². The number of halogens is 1. The van der Waals surface area contributed by atoms with E-state index in [2.05, 4.69) is 5.32 Å². The molecule has 2 amide bonds. The van der Waals surface area contributed by atoms with Crippen molar-refractivity contribution in [1.82, 2.24) is 10.2 Å². The molecule has 3 aromatic rings. The third-order valence-corrected chi connectivity index (χ3v) is 9.16. The van der Waals surface area contributed by atoms with Crippen molar-refractivity contribution in [2.45, 2.75) is 56.1 Å². The lowest BCUT2D eigenvalue weighted by Gasteiger charge is -2.32. The molecule has 0 aromatic heterocycles. The Bertz CT molecular complexity index is 1430. The predicted molar refractivity (Wildman–Crippen MR) is 165 cm³/mol. The number of ether oxygens (including phenoxy) is 1. The van der Waals surface area contributed by atoms with E-state index >= 15 is 0 Å². The molecule has 1 atom stereocenters. The van der Waals surface area contributed by atoms with Gasteiger partial charge in [0, 0.05) is 22.5 Å². The van der Waals surface area contributed by atoms with Crippen LogP contribution in [-0.4, -0.2) is 56.6 Å². The highest BCUT2D eigenvalue weighted by atomic mass is 35.5. The lowest BCUT2D eigenvalue weighted by Crippen LogP contribution is -2.52. The van der Waals surface area contributed by atoms with Gasteiger partial charge in [0.1, 0.15) is 18.3 Å². The summed E-state index contributed by atoms with van der Waals surface area (Å²) in [5.74, 6) is -0.346. The maximum atomic E-state index is 14.0. The minimum Gasteiger partial charge on any atom is -0.494 e. The maximum Gasteiger partial charge on any atom is 0.264 e. The molecule has 8 nitrogen and oxygen atoms in total. The van der Waals surface area contributed by atoms with Crippen LogP contribution >= 0.6 is 23.4 Å². The number of thioether (sulfide) groups is 1. The number of carbonyl (C=O) groups excluding carboxylic acids is 2. The highest BCUT2D eigenvalue weighted by Crippen LogP contribution is 2.28. The minimum atomic E-state index is -4.17. The number of benzene rings is 3. The summed E-state index contributed by atoms with van der Waals surface area (Å²) in [6, 6.07) is 19.0. The van der Waals surface area contributed by atoms with Crippen molar-refractivity contribution in [3.63, 3.8) is 0 Å². The molecule has 0 aliphatic carbocycles. The molecule has 0 spiro atoms. The van der Waals surface area contributed by atoms with Crippen molar-refractivity contribution in [2.75, 3.05) is 23.7 Å². The van der Waals surface area contributed by atoms with E-state index in [-0.39, 0.29) is 29.1 Å². The zero-order chi connectivity index (χ0) is 30.2. The maximum absolute atomic E-state index is 14.0. The molecule has 0 radical (unpaired) electrons. The lowest BCUT2D eigenvalue weighted by atomic mass is 10.1. The Hall–Kier alpha value is -3.21. The van der Waals surface area contributed by atoms with Crippen molar-refractivity contribution in [3.8, 4) is 5.75 Å². The first kappa shape index (κ1) is 32.3. The normalized spacial score (nSPS) is 12.1. The molecule has 220 valence electrons. The summed E-state index contributed by atoms with van der Waals surface area (Å²) in [6.07, 6.45) is 1.90. The van der Waals surface area contributed by atoms with Crippen LogP contribution in [0.25, 0.3) is 0 Å². The minimum absolute atomic E-state index is 0.0186. The Kier molecular flexibility index (Phi) is 11.5. The number of rotatable bonds is 13. The third-order valence-electron chi connectivity index (χ3n) is 6.26. The van der Waals surface area contributed by atoms with Crippen LogP contribution in [0.2, 0.25) is 5.02 Å². The zero-order valence-corrected chi connectivity index (χ0v) is 26.2. The van der Waals surface area contributed by atoms with Crippen LogP contribution in [0, 0.1) is 0 Å². The number of carbonyl (C=O) groups is 2. The number of sulfonamides is 1. The van der Waals surface area contributed by atoms with E-state index < -0.39 is 28.5 Å². The molecule has 0 saturated carbocycles. The van der Waals surface area contributed by atoms with Gasteiger partial charge in [0.15, 0.2) is 0 Å². The molecule has 0 heterocycles. The second-order valence-electron chi connectivity index (χ2n) is 9.57. The van der Waals surface area contributed by atoms with Crippen LogP contribution in [0.15, 0.2) is 82.6 Å². The van der Waals surface area contributed by atoms with E-state index in [0.29, 0.717) is 22.9 Å². The average Bonchev–Trinajstić information content (AvgIpc) is 2.95. The fourth-order valence-corrected chi connectivity index (χ4v) is 6.09. The summed E-state index contributed by atoms with van der Waals surface area (Å²) in [7, 11) is -4.17. The molecule has 0 bridgehead atoms. The fourth-order valence-electron chi connectivity index (χ4n) is 4.08. The molecule has 0 aliphatic rings. The highest BCUT2D eigenvalue weighted by Gasteiger charge is 2.33. The third kappa shape index (κ3) is 8.40. The number of hydrogen-bond donors (Lipinski definition) is 1. The lowest BCUT2D eigenvalue weighted by molar-refractivity contribution is -0.139. The smallest absolute Gasteiger partial charge is 0.264 e. The Labute approximate surface area is 252 Å². The Morgan fingerprint density at radius 1 is 0.976 bits per heavy atom. The summed E-state index contributed by atoms with van der Waals surface area (Å²) in [4.78, 5) is 29.3. The number of amides is 2. The van der Waals surface area contributed by atoms with Crippen molar-refractivity contribution in [2.24, 2.45) is 0 Å². The standard InChI is InChI=1S/C30H36ClN3O5S2/c1-6-39-25-13-11-24(12-14-25)34(41(37,38)27-17-15-26(40-5)16-18-27)20-29(35)33(22(4)30(36)32-21(2)3)19-23-9-7-8-10-28(23)31/h7-18,21-22H,6,19-20H2,1-5H3,(H,32,36). The second-order valence-corrected chi connectivity index (χ2v) is 12.7. The van der Waals surface area contributed by atoms with E-state index in [1.54, 1.807) is 67.6 Å². The first-order chi connectivity index (χ1) is 19.5. The molecule has 0 aliphatic heterocycles. The van der Waals surface area contributed by atoms with E-state index in [0.717, 1.165) is 9.20 Å². The summed E-state index contributed by atoms with van der Waals surface area (Å²) >= 11 is 7.90. The molecule has 3 rings (SSSR count). The van der Waals surface area contributed by atoms with Gasteiger partial charge in [0.05, 0.1) is 17.2 Å². The molecule has 11 heteroatoms. The SMILES string of the molecule is CCOc1ccc(N(CC(=O)N(Cc2ccccc2Cl)C(C)C(=O)NC(C)C)S(=O)(=O)c2ccc(SC)cc2)cc1. The predicted octanol–water partition coefficient (Wildman–Crippen LogP) is 5.60. The first-order valence-corrected chi connectivity index (χ1v) is 16.2. The first-order valence-electron chi connectivity index (χ1n) is 13.2. The van der Waals surface area contributed by atoms with Crippen LogP contribution in [0.4, 0.5) is 5.69 Å². The number of anilines is 1. The van der Waals surface area contributed by atoms with Gasteiger partial charge >= 0.3 is 0 Å². The Morgan fingerprint density at radius 3 is 2.17 bits per heavy atom. The highest BCUT2D eigenvalue weighted by molar-refractivity contribution is 7.98. The molecular weight excluding hydrogens is 582 g/mol. The summed E-state index contributed by atoms with van der Waals surface area (Å²) in [6.45, 7) is 7.06. The largest absolute Gasteiger partial charge is 0.494 e. The number of nitrogens with one attached hydrogen (secondary N) is 1. The summed E-state index contributed by atoms with van der Waals surface area (Å²) in [5.41, 5.74) is 0.919. The van der Waals surface area contributed by atoms with Crippen molar-refractivity contribution in [1.29, 1.82) is 0 Å². The molecule has 3 aromatic carbocycles. The van der Waals surface area contributed by atoms with Gasteiger partial charge in [-0.3, -0.25) is 13.9 Å². The van der Waals surface area contributed by atoms with Gasteiger partial charge in [-0.15, -0.1) is 11.8 Å². The van der Waals surface area contributed by atoms with Crippen molar-refractivity contribution in [3.05, 3.63) is 83.4 Å². The average molecular weight is 618 g/mol. The summed E-state index contributed by atoms with van der Waals surface area (Å²) < 4.78 is 34.5. The topological polar surface area (TPSA) is 96.0 Å². The van der Waals surface area contributed by atoms with E-state index in [1.165, 1.54) is 28.8 Å². The van der Waals surface area contributed by atoms with Gasteiger partial charge in [-0.1, -0.05) is 29.8 Å². The van der Waals surface area contributed by atoms with Crippen LogP contribution in [-0.2, 0) is 26.2 Å². The Morgan fingerprint density at radius 2 is 1.61 bits per heavy atom. The van der Waals surface area contributed by atoms with E-state index in [4.69, 9.17) is 16.3 Å². The van der Waals surface area contributed by atoms with Gasteiger partial charge in [-0.2, -0.15) is 0 Å². The van der Waals surface area contributed by atoms with Crippen LogP contribution in [0.1, 0.15) is 33.3 Å². The van der Waals surface area contributed by atoms with Crippen LogP contribution < -0.4 is 14.4 Å². The van der Waals surface area contributed by atoms with Gasteiger partial charge in [-0.05, 0) is 94.1 Å². The number of nitrogens with zero attached hydrogens (tertiary/aromatic N) is 2. The molecule has 41 heavy (non-hydrogen) atoms. The van der Waals surface area contributed by atoms with Gasteiger partial charge in [-0.25, -0.2) is 8.42 Å². The number of hydrogen-bond acceptors (Lipinski definition) is 6. The quantitative estimate of drug-likeness (QED) is 0.251.